The maximum Gasteiger partial charge on any atom is 0.227 e. The fraction of sp³-hybridized carbons (Fsp3) is 0.750. The number of imidazole rings is 1. The molecule has 1 amide bonds. The molecule has 1 spiro atoms. The molecule has 0 unspecified atom stereocenters. The van der Waals surface area contributed by atoms with Gasteiger partial charge in [-0.1, -0.05) is 20.8 Å². The zero-order chi connectivity index (χ0) is 17.8. The van der Waals surface area contributed by atoms with Gasteiger partial charge < -0.3 is 9.88 Å². The van der Waals surface area contributed by atoms with Crippen molar-refractivity contribution in [3.05, 3.63) is 17.7 Å². The van der Waals surface area contributed by atoms with E-state index < -0.39 is 21.0 Å². The van der Waals surface area contributed by atoms with E-state index in [0.29, 0.717) is 38.9 Å². The highest BCUT2D eigenvalue weighted by atomic mass is 32.2. The Balaban J connectivity index is 1.93. The molecule has 1 fully saturated rings. The zero-order valence-corrected chi connectivity index (χ0v) is 15.6. The summed E-state index contributed by atoms with van der Waals surface area (Å²) < 4.78 is 26.3. The predicted octanol–water partition coefficient (Wildman–Crippen LogP) is 1.09. The molecule has 134 valence electrons. The lowest BCUT2D eigenvalue weighted by Gasteiger charge is -2.49. The van der Waals surface area contributed by atoms with Crippen LogP contribution in [0.25, 0.3) is 0 Å². The Labute approximate surface area is 143 Å². The summed E-state index contributed by atoms with van der Waals surface area (Å²) in [6, 6.07) is 0. The van der Waals surface area contributed by atoms with Gasteiger partial charge in [0.25, 0.3) is 0 Å². The van der Waals surface area contributed by atoms with Crippen LogP contribution in [0.5, 0.6) is 0 Å². The summed E-state index contributed by atoms with van der Waals surface area (Å²) in [5.74, 6) is 0.112. The van der Waals surface area contributed by atoms with Crippen LogP contribution in [0.15, 0.2) is 6.33 Å². The molecule has 0 bridgehead atoms. The SMILES string of the molecule is CC(C)(C)C(=O)N1CCC2(CC1)c1nc[nH]c1CCN2S(C)(=O)=O. The molecule has 1 N–H and O–H groups in total. The Morgan fingerprint density at radius 3 is 2.42 bits per heavy atom. The summed E-state index contributed by atoms with van der Waals surface area (Å²) in [5.41, 5.74) is 0.800. The minimum atomic E-state index is -3.34. The van der Waals surface area contributed by atoms with Crippen LogP contribution in [-0.4, -0.2) is 59.4 Å². The number of carbonyl (C=O) groups is 1. The maximum atomic E-state index is 12.5. The summed E-state index contributed by atoms with van der Waals surface area (Å²) in [4.78, 5) is 22.0. The highest BCUT2D eigenvalue weighted by Gasteiger charge is 2.51. The second kappa shape index (κ2) is 5.56. The van der Waals surface area contributed by atoms with Crippen molar-refractivity contribution >= 4 is 15.9 Å². The Bertz CT molecular complexity index is 740. The van der Waals surface area contributed by atoms with Crippen molar-refractivity contribution in [2.24, 2.45) is 5.41 Å². The van der Waals surface area contributed by atoms with E-state index in [0.717, 1.165) is 11.4 Å². The highest BCUT2D eigenvalue weighted by Crippen LogP contribution is 2.43. The van der Waals surface area contributed by atoms with Crippen LogP contribution >= 0.6 is 0 Å². The number of amides is 1. The predicted molar refractivity (Wildman–Crippen MR) is 90.8 cm³/mol. The average Bonchev–Trinajstić information content (AvgIpc) is 2.95. The van der Waals surface area contributed by atoms with E-state index in [1.807, 2.05) is 25.7 Å². The molecule has 0 saturated carbocycles. The molecule has 2 aliphatic heterocycles. The van der Waals surface area contributed by atoms with Gasteiger partial charge in [-0.05, 0) is 12.8 Å². The molecular weight excluding hydrogens is 328 g/mol. The summed E-state index contributed by atoms with van der Waals surface area (Å²) >= 11 is 0. The van der Waals surface area contributed by atoms with Crippen molar-refractivity contribution in [1.29, 1.82) is 0 Å². The van der Waals surface area contributed by atoms with Crippen LogP contribution in [0.2, 0.25) is 0 Å². The van der Waals surface area contributed by atoms with Crippen molar-refractivity contribution in [3.8, 4) is 0 Å². The van der Waals surface area contributed by atoms with Gasteiger partial charge in [-0.2, -0.15) is 4.31 Å². The van der Waals surface area contributed by atoms with Gasteiger partial charge in [0.2, 0.25) is 15.9 Å². The van der Waals surface area contributed by atoms with Crippen molar-refractivity contribution in [2.45, 2.75) is 45.6 Å². The van der Waals surface area contributed by atoms with E-state index in [9.17, 15) is 13.2 Å². The van der Waals surface area contributed by atoms with Crippen molar-refractivity contribution in [1.82, 2.24) is 19.2 Å². The number of piperidine rings is 1. The second-order valence-corrected chi connectivity index (χ2v) is 9.80. The number of likely N-dealkylation sites (tertiary alicyclic amines) is 1. The number of fused-ring (bicyclic) bond motifs is 2. The lowest BCUT2D eigenvalue weighted by Crippen LogP contribution is -2.59. The van der Waals surface area contributed by atoms with Crippen molar-refractivity contribution < 1.29 is 13.2 Å². The fourth-order valence-electron chi connectivity index (χ4n) is 3.98. The first-order valence-electron chi connectivity index (χ1n) is 8.36. The molecule has 3 heterocycles. The van der Waals surface area contributed by atoms with Crippen LogP contribution < -0.4 is 0 Å². The highest BCUT2D eigenvalue weighted by molar-refractivity contribution is 7.88. The number of aromatic nitrogens is 2. The monoisotopic (exact) mass is 354 g/mol. The molecule has 1 saturated heterocycles. The van der Waals surface area contributed by atoms with E-state index in [2.05, 4.69) is 9.97 Å². The number of H-pyrrole nitrogens is 1. The number of carbonyl (C=O) groups excluding carboxylic acids is 1. The van der Waals surface area contributed by atoms with Crippen molar-refractivity contribution in [3.63, 3.8) is 0 Å². The lowest BCUT2D eigenvalue weighted by molar-refractivity contribution is -0.142. The number of aromatic amines is 1. The van der Waals surface area contributed by atoms with Crippen LogP contribution in [0.1, 0.15) is 45.0 Å². The average molecular weight is 354 g/mol. The van der Waals surface area contributed by atoms with Gasteiger partial charge >= 0.3 is 0 Å². The topological polar surface area (TPSA) is 86.4 Å². The summed E-state index contributed by atoms with van der Waals surface area (Å²) in [5, 5.41) is 0. The van der Waals surface area contributed by atoms with Crippen molar-refractivity contribution in [2.75, 3.05) is 25.9 Å². The smallest absolute Gasteiger partial charge is 0.227 e. The van der Waals surface area contributed by atoms with Gasteiger partial charge in [0.15, 0.2) is 0 Å². The minimum Gasteiger partial charge on any atom is -0.348 e. The Kier molecular flexibility index (Phi) is 4.03. The summed E-state index contributed by atoms with van der Waals surface area (Å²) in [6.45, 7) is 7.29. The number of nitrogens with zero attached hydrogens (tertiary/aromatic N) is 3. The largest absolute Gasteiger partial charge is 0.348 e. The molecule has 0 aromatic carbocycles. The summed E-state index contributed by atoms with van der Waals surface area (Å²) in [7, 11) is -3.34. The van der Waals surface area contributed by atoms with Gasteiger partial charge in [0.1, 0.15) is 0 Å². The molecule has 3 rings (SSSR count). The molecule has 1 aromatic heterocycles. The molecule has 2 aliphatic rings. The minimum absolute atomic E-state index is 0.112. The van der Waals surface area contributed by atoms with Crippen LogP contribution in [-0.2, 0) is 26.8 Å². The molecule has 24 heavy (non-hydrogen) atoms. The van der Waals surface area contributed by atoms with E-state index >= 15 is 0 Å². The normalized spacial score (nSPS) is 21.8. The second-order valence-electron chi connectivity index (χ2n) is 7.89. The molecule has 0 aliphatic carbocycles. The number of nitrogens with one attached hydrogen (secondary N) is 1. The van der Waals surface area contributed by atoms with E-state index in [4.69, 9.17) is 0 Å². The first-order chi connectivity index (χ1) is 11.1. The fourth-order valence-corrected chi connectivity index (χ4v) is 5.31. The zero-order valence-electron chi connectivity index (χ0n) is 14.8. The molecule has 0 radical (unpaired) electrons. The molecule has 8 heteroatoms. The van der Waals surface area contributed by atoms with Crippen LogP contribution in [0.4, 0.5) is 0 Å². The standard InChI is InChI=1S/C16H26N4O3S/c1-15(2,3)14(21)19-9-6-16(7-10-19)13-12(17-11-18-13)5-8-20(16)24(4,22)23/h11H,5-10H2,1-4H3,(H,17,18). The first-order valence-corrected chi connectivity index (χ1v) is 10.2. The third kappa shape index (κ3) is 2.75. The maximum absolute atomic E-state index is 12.5. The molecule has 0 atom stereocenters. The quantitative estimate of drug-likeness (QED) is 0.818. The molecular formula is C16H26N4O3S. The Hall–Kier alpha value is -1.41. The van der Waals surface area contributed by atoms with Gasteiger partial charge in [0, 0.05) is 37.2 Å². The van der Waals surface area contributed by atoms with Crippen LogP contribution in [0, 0.1) is 5.41 Å². The Morgan fingerprint density at radius 2 is 1.88 bits per heavy atom. The Morgan fingerprint density at radius 1 is 1.25 bits per heavy atom. The molecule has 7 nitrogen and oxygen atoms in total. The van der Waals surface area contributed by atoms with E-state index in [-0.39, 0.29) is 5.91 Å². The van der Waals surface area contributed by atoms with E-state index in [1.165, 1.54) is 6.26 Å². The number of hydrogen-bond donors (Lipinski definition) is 1. The number of hydrogen-bond acceptors (Lipinski definition) is 4. The van der Waals surface area contributed by atoms with Crippen LogP contribution in [0.3, 0.4) is 0 Å². The third-order valence-corrected chi connectivity index (χ3v) is 6.45. The molecule has 1 aromatic rings. The number of sulfonamides is 1. The van der Waals surface area contributed by atoms with E-state index in [1.54, 1.807) is 10.6 Å². The third-order valence-electron chi connectivity index (χ3n) is 5.12. The van der Waals surface area contributed by atoms with Gasteiger partial charge in [0.05, 0.1) is 23.8 Å². The first kappa shape index (κ1) is 17.4. The lowest BCUT2D eigenvalue weighted by atomic mass is 9.80. The van der Waals surface area contributed by atoms with Gasteiger partial charge in [-0.3, -0.25) is 4.79 Å². The summed E-state index contributed by atoms with van der Waals surface area (Å²) in [6.07, 6.45) is 4.72. The van der Waals surface area contributed by atoms with Gasteiger partial charge in [-0.25, -0.2) is 13.4 Å². The number of rotatable bonds is 1. The van der Waals surface area contributed by atoms with Gasteiger partial charge in [-0.15, -0.1) is 0 Å².